The van der Waals surface area contributed by atoms with Gasteiger partial charge in [-0.15, -0.1) is 0 Å². The second-order valence-electron chi connectivity index (χ2n) is 5.53. The number of alkyl halides is 1. The third-order valence-corrected chi connectivity index (χ3v) is 4.52. The fraction of sp³-hybridized carbons (Fsp3) is 0.278. The van der Waals surface area contributed by atoms with Crippen molar-refractivity contribution >= 4 is 21.9 Å². The van der Waals surface area contributed by atoms with Gasteiger partial charge < -0.3 is 14.2 Å². The van der Waals surface area contributed by atoms with Crippen molar-refractivity contribution < 1.29 is 27.8 Å². The largest absolute Gasteiger partial charge is 0.459 e. The number of carbonyl (C=O) groups excluding carboxylic acids is 1. The molecule has 2 aromatic rings. The van der Waals surface area contributed by atoms with E-state index in [-0.39, 0.29) is 24.1 Å². The number of halogens is 3. The SMILES string of the molecule is O=C(OC[C@@H]1CO[C@@](CBr)(c2ccc(F)cc2F)O1)c1ccccc1. The third-order valence-electron chi connectivity index (χ3n) is 3.79. The van der Waals surface area contributed by atoms with E-state index < -0.39 is 29.5 Å². The summed E-state index contributed by atoms with van der Waals surface area (Å²) in [6, 6.07) is 11.7. The lowest BCUT2D eigenvalue weighted by molar-refractivity contribution is -0.162. The zero-order chi connectivity index (χ0) is 17.9. The minimum absolute atomic E-state index is 0.0364. The lowest BCUT2D eigenvalue weighted by Crippen LogP contribution is -2.32. The minimum atomic E-state index is -1.39. The predicted octanol–water partition coefficient (Wildman–Crippen LogP) is 3.78. The molecule has 1 fully saturated rings. The van der Waals surface area contributed by atoms with Crippen molar-refractivity contribution in [3.63, 3.8) is 0 Å². The standard InChI is InChI=1S/C18H15BrF2O4/c19-11-18(15-7-6-13(20)8-16(15)21)24-10-14(25-18)9-23-17(22)12-4-2-1-3-5-12/h1-8,14H,9-11H2/t14-,18-/m1/s1. The van der Waals surface area contributed by atoms with Crippen LogP contribution in [0.5, 0.6) is 0 Å². The molecule has 7 heteroatoms. The lowest BCUT2D eigenvalue weighted by atomic mass is 10.1. The van der Waals surface area contributed by atoms with E-state index >= 15 is 0 Å². The highest BCUT2D eigenvalue weighted by Crippen LogP contribution is 2.37. The third kappa shape index (κ3) is 3.89. The molecule has 0 aliphatic carbocycles. The number of hydrogen-bond acceptors (Lipinski definition) is 4. The van der Waals surface area contributed by atoms with Crippen LogP contribution in [-0.4, -0.2) is 30.6 Å². The maximum Gasteiger partial charge on any atom is 0.338 e. The average Bonchev–Trinajstić information content (AvgIpc) is 3.05. The second kappa shape index (κ2) is 7.59. The number of rotatable bonds is 5. The quantitative estimate of drug-likeness (QED) is 0.553. The van der Waals surface area contributed by atoms with Crippen LogP contribution in [0.25, 0.3) is 0 Å². The van der Waals surface area contributed by atoms with Gasteiger partial charge in [-0.3, -0.25) is 0 Å². The Hall–Kier alpha value is -1.83. The Balaban J connectivity index is 1.66. The van der Waals surface area contributed by atoms with Crippen LogP contribution in [0.3, 0.4) is 0 Å². The van der Waals surface area contributed by atoms with Crippen LogP contribution in [0.1, 0.15) is 15.9 Å². The molecule has 1 aliphatic heterocycles. The van der Waals surface area contributed by atoms with E-state index in [4.69, 9.17) is 14.2 Å². The van der Waals surface area contributed by atoms with Gasteiger partial charge in [0, 0.05) is 11.6 Å². The van der Waals surface area contributed by atoms with E-state index in [0.717, 1.165) is 12.1 Å². The summed E-state index contributed by atoms with van der Waals surface area (Å²) in [4.78, 5) is 12.0. The van der Waals surface area contributed by atoms with Crippen molar-refractivity contribution in [2.75, 3.05) is 18.5 Å². The zero-order valence-electron chi connectivity index (χ0n) is 13.1. The Labute approximate surface area is 151 Å². The maximum absolute atomic E-state index is 14.1. The van der Waals surface area contributed by atoms with Gasteiger partial charge in [-0.25, -0.2) is 13.6 Å². The van der Waals surface area contributed by atoms with Gasteiger partial charge in [0.1, 0.15) is 24.3 Å². The van der Waals surface area contributed by atoms with Gasteiger partial charge in [0.25, 0.3) is 0 Å². The van der Waals surface area contributed by atoms with Gasteiger partial charge in [0.2, 0.25) is 5.79 Å². The van der Waals surface area contributed by atoms with Crippen LogP contribution >= 0.6 is 15.9 Å². The molecule has 4 nitrogen and oxygen atoms in total. The van der Waals surface area contributed by atoms with Gasteiger partial charge >= 0.3 is 5.97 Å². The van der Waals surface area contributed by atoms with Crippen LogP contribution < -0.4 is 0 Å². The van der Waals surface area contributed by atoms with Crippen LogP contribution in [0, 0.1) is 11.6 Å². The first-order chi connectivity index (χ1) is 12.0. The van der Waals surface area contributed by atoms with Gasteiger partial charge in [-0.05, 0) is 24.3 Å². The summed E-state index contributed by atoms with van der Waals surface area (Å²) in [7, 11) is 0. The molecule has 0 radical (unpaired) electrons. The Bertz CT molecular complexity index is 756. The van der Waals surface area contributed by atoms with Crippen molar-refractivity contribution in [1.82, 2.24) is 0 Å². The summed E-state index contributed by atoms with van der Waals surface area (Å²) in [5.74, 6) is -3.31. The smallest absolute Gasteiger partial charge is 0.338 e. The molecule has 0 amide bonds. The van der Waals surface area contributed by atoms with Gasteiger partial charge in [0.15, 0.2) is 0 Å². The van der Waals surface area contributed by atoms with Crippen molar-refractivity contribution in [3.05, 3.63) is 71.3 Å². The first-order valence-corrected chi connectivity index (χ1v) is 8.72. The summed E-state index contributed by atoms with van der Waals surface area (Å²) >= 11 is 3.25. The topological polar surface area (TPSA) is 44.8 Å². The zero-order valence-corrected chi connectivity index (χ0v) is 14.7. The van der Waals surface area contributed by atoms with Crippen molar-refractivity contribution in [2.45, 2.75) is 11.9 Å². The second-order valence-corrected chi connectivity index (χ2v) is 6.09. The highest BCUT2D eigenvalue weighted by atomic mass is 79.9. The molecule has 1 aliphatic rings. The molecule has 1 heterocycles. The highest BCUT2D eigenvalue weighted by molar-refractivity contribution is 9.09. The molecule has 0 N–H and O–H groups in total. The Morgan fingerprint density at radius 2 is 2.00 bits per heavy atom. The fourth-order valence-corrected chi connectivity index (χ4v) is 3.15. The van der Waals surface area contributed by atoms with E-state index in [1.807, 2.05) is 0 Å². The Morgan fingerprint density at radius 3 is 2.68 bits per heavy atom. The number of esters is 1. The number of hydrogen-bond donors (Lipinski definition) is 0. The molecule has 0 unspecified atom stereocenters. The first kappa shape index (κ1) is 18.0. The molecule has 3 rings (SSSR count). The van der Waals surface area contributed by atoms with Crippen LogP contribution in [-0.2, 0) is 20.0 Å². The van der Waals surface area contributed by atoms with E-state index in [0.29, 0.717) is 5.56 Å². The summed E-state index contributed by atoms with van der Waals surface area (Å²) in [6.07, 6.45) is -0.560. The highest BCUT2D eigenvalue weighted by Gasteiger charge is 2.44. The summed E-state index contributed by atoms with van der Waals surface area (Å²) < 4.78 is 43.8. The van der Waals surface area contributed by atoms with E-state index in [9.17, 15) is 13.6 Å². The summed E-state index contributed by atoms with van der Waals surface area (Å²) in [6.45, 7) is 0.0791. The molecule has 2 atom stereocenters. The van der Waals surface area contributed by atoms with Gasteiger partial charge in [-0.2, -0.15) is 0 Å². The monoisotopic (exact) mass is 412 g/mol. The van der Waals surface area contributed by atoms with Gasteiger partial charge in [-0.1, -0.05) is 34.1 Å². The first-order valence-electron chi connectivity index (χ1n) is 7.59. The maximum atomic E-state index is 14.1. The van der Waals surface area contributed by atoms with Crippen LogP contribution in [0.4, 0.5) is 8.78 Å². The molecule has 25 heavy (non-hydrogen) atoms. The molecule has 0 saturated carbocycles. The molecule has 0 aromatic heterocycles. The number of benzene rings is 2. The average molecular weight is 413 g/mol. The normalized spacial score (nSPS) is 22.8. The molecule has 0 spiro atoms. The molecule has 1 saturated heterocycles. The van der Waals surface area contributed by atoms with E-state index in [1.54, 1.807) is 30.3 Å². The van der Waals surface area contributed by atoms with Crippen LogP contribution in [0.2, 0.25) is 0 Å². The molecule has 0 bridgehead atoms. The Kier molecular flexibility index (Phi) is 5.46. The predicted molar refractivity (Wildman–Crippen MR) is 89.4 cm³/mol. The summed E-state index contributed by atoms with van der Waals surface area (Å²) in [5.41, 5.74) is 0.514. The van der Waals surface area contributed by atoms with Crippen molar-refractivity contribution in [3.8, 4) is 0 Å². The van der Waals surface area contributed by atoms with Crippen molar-refractivity contribution in [1.29, 1.82) is 0 Å². The number of ether oxygens (including phenoxy) is 3. The van der Waals surface area contributed by atoms with E-state index in [1.165, 1.54) is 6.07 Å². The lowest BCUT2D eigenvalue weighted by Gasteiger charge is -2.26. The van der Waals surface area contributed by atoms with E-state index in [2.05, 4.69) is 15.9 Å². The molecular formula is C18H15BrF2O4. The molecular weight excluding hydrogens is 398 g/mol. The van der Waals surface area contributed by atoms with Crippen LogP contribution in [0.15, 0.2) is 48.5 Å². The summed E-state index contributed by atoms with van der Waals surface area (Å²) in [5, 5.41) is 0.145. The fourth-order valence-electron chi connectivity index (χ4n) is 2.55. The number of carbonyl (C=O) groups is 1. The Morgan fingerprint density at radius 1 is 1.24 bits per heavy atom. The van der Waals surface area contributed by atoms with Crippen molar-refractivity contribution in [2.24, 2.45) is 0 Å². The minimum Gasteiger partial charge on any atom is -0.459 e. The molecule has 2 aromatic carbocycles. The van der Waals surface area contributed by atoms with Gasteiger partial charge in [0.05, 0.1) is 17.5 Å². The molecule has 132 valence electrons.